The van der Waals surface area contributed by atoms with Crippen molar-refractivity contribution in [2.45, 2.75) is 46.1 Å². The monoisotopic (exact) mass is 460 g/mol. The number of carbonyl (C=O) groups is 1. The number of carbonyl (C=O) groups excluding carboxylic acids is 1. The molecule has 1 aliphatic rings. The van der Waals surface area contributed by atoms with E-state index in [0.717, 1.165) is 41.5 Å². The third kappa shape index (κ3) is 4.09. The highest BCUT2D eigenvalue weighted by molar-refractivity contribution is 5.99. The minimum atomic E-state index is -0.214. The van der Waals surface area contributed by atoms with Gasteiger partial charge >= 0.3 is 0 Å². The maximum Gasteiger partial charge on any atom is 0.256 e. The van der Waals surface area contributed by atoms with Gasteiger partial charge in [-0.1, -0.05) is 20.8 Å². The quantitative estimate of drug-likeness (QED) is 0.441. The highest BCUT2D eigenvalue weighted by Gasteiger charge is 2.24. The molecular weight excluding hydrogens is 432 g/mol. The average molecular weight is 461 g/mol. The second kappa shape index (κ2) is 8.48. The van der Waals surface area contributed by atoms with E-state index in [2.05, 4.69) is 40.7 Å². The van der Waals surface area contributed by atoms with E-state index < -0.39 is 0 Å². The molecule has 1 aliphatic heterocycles. The number of hydrogen-bond donors (Lipinski definition) is 1. The predicted molar refractivity (Wildman–Crippen MR) is 127 cm³/mol. The van der Waals surface area contributed by atoms with Crippen molar-refractivity contribution < 1.29 is 14.3 Å². The lowest BCUT2D eigenvalue weighted by molar-refractivity contribution is 0.0954. The van der Waals surface area contributed by atoms with Gasteiger partial charge < -0.3 is 19.4 Å². The predicted octanol–water partition coefficient (Wildman–Crippen LogP) is 3.75. The Morgan fingerprint density at radius 2 is 2.00 bits per heavy atom. The van der Waals surface area contributed by atoms with Crippen LogP contribution in [0.1, 0.15) is 49.1 Å². The second-order valence-corrected chi connectivity index (χ2v) is 9.42. The van der Waals surface area contributed by atoms with Crippen LogP contribution in [0.2, 0.25) is 0 Å². The Balaban J connectivity index is 1.44. The molecule has 3 aromatic heterocycles. The van der Waals surface area contributed by atoms with Crippen molar-refractivity contribution in [2.24, 2.45) is 0 Å². The van der Waals surface area contributed by atoms with Crippen molar-refractivity contribution in [1.82, 2.24) is 29.5 Å². The zero-order valence-corrected chi connectivity index (χ0v) is 19.8. The molecule has 0 fully saturated rings. The molecule has 0 saturated heterocycles. The van der Waals surface area contributed by atoms with Gasteiger partial charge in [0, 0.05) is 36.5 Å². The molecule has 176 valence electrons. The Hall–Kier alpha value is -3.88. The standard InChI is InChI=1S/C25H28N6O3/c1-16-26-9-11-30(16)10-5-8-27-24(32)18-14-28-31-22(25(2,3)4)13-19(29-23(18)31)17-6-7-20-21(12-17)34-15-33-20/h6-7,9,11-14H,5,8,10,15H2,1-4H3,(H,27,32). The number of nitrogens with zero attached hydrogens (tertiary/aromatic N) is 5. The van der Waals surface area contributed by atoms with Gasteiger partial charge in [0.2, 0.25) is 6.79 Å². The summed E-state index contributed by atoms with van der Waals surface area (Å²) in [6.07, 6.45) is 6.11. The average Bonchev–Trinajstić information content (AvgIpc) is 3.54. The molecule has 0 aliphatic carbocycles. The number of nitrogens with one attached hydrogen (secondary N) is 1. The van der Waals surface area contributed by atoms with E-state index in [9.17, 15) is 4.79 Å². The number of fused-ring (bicyclic) bond motifs is 2. The van der Waals surface area contributed by atoms with Crippen molar-refractivity contribution >= 4 is 11.6 Å². The lowest BCUT2D eigenvalue weighted by Crippen LogP contribution is -2.25. The summed E-state index contributed by atoms with van der Waals surface area (Å²) in [5.41, 5.74) is 3.37. The number of hydrogen-bond acceptors (Lipinski definition) is 6. The summed E-state index contributed by atoms with van der Waals surface area (Å²) in [4.78, 5) is 22.1. The van der Waals surface area contributed by atoms with Gasteiger partial charge in [0.1, 0.15) is 11.4 Å². The van der Waals surface area contributed by atoms with Gasteiger partial charge in [-0.05, 0) is 37.6 Å². The number of benzene rings is 1. The molecule has 1 aromatic carbocycles. The Morgan fingerprint density at radius 1 is 1.18 bits per heavy atom. The summed E-state index contributed by atoms with van der Waals surface area (Å²) in [7, 11) is 0. The topological polar surface area (TPSA) is 95.6 Å². The molecule has 9 nitrogen and oxygen atoms in total. The molecule has 4 aromatic rings. The van der Waals surface area contributed by atoms with Crippen LogP contribution in [0, 0.1) is 6.92 Å². The van der Waals surface area contributed by atoms with Crippen LogP contribution in [0.4, 0.5) is 0 Å². The zero-order valence-electron chi connectivity index (χ0n) is 19.8. The second-order valence-electron chi connectivity index (χ2n) is 9.42. The first-order valence-electron chi connectivity index (χ1n) is 11.4. The van der Waals surface area contributed by atoms with Gasteiger partial charge in [-0.15, -0.1) is 0 Å². The summed E-state index contributed by atoms with van der Waals surface area (Å²) in [6, 6.07) is 7.77. The molecule has 0 unspecified atom stereocenters. The van der Waals surface area contributed by atoms with E-state index in [-0.39, 0.29) is 18.1 Å². The van der Waals surface area contributed by atoms with Gasteiger partial charge in [-0.2, -0.15) is 5.10 Å². The van der Waals surface area contributed by atoms with Gasteiger partial charge in [-0.3, -0.25) is 4.79 Å². The van der Waals surface area contributed by atoms with Crippen LogP contribution in [-0.4, -0.2) is 43.4 Å². The summed E-state index contributed by atoms with van der Waals surface area (Å²) in [5, 5.41) is 7.52. The Morgan fingerprint density at radius 3 is 2.76 bits per heavy atom. The third-order valence-corrected chi connectivity index (χ3v) is 5.94. The summed E-state index contributed by atoms with van der Waals surface area (Å²) < 4.78 is 14.8. The first-order valence-corrected chi connectivity index (χ1v) is 11.4. The molecule has 0 radical (unpaired) electrons. The summed E-state index contributed by atoms with van der Waals surface area (Å²) >= 11 is 0. The molecule has 34 heavy (non-hydrogen) atoms. The molecule has 9 heteroatoms. The minimum Gasteiger partial charge on any atom is -0.454 e. The molecule has 0 atom stereocenters. The lowest BCUT2D eigenvalue weighted by Gasteiger charge is -2.21. The fourth-order valence-electron chi connectivity index (χ4n) is 4.05. The zero-order chi connectivity index (χ0) is 23.9. The lowest BCUT2D eigenvalue weighted by atomic mass is 9.91. The number of aromatic nitrogens is 5. The minimum absolute atomic E-state index is 0.187. The normalized spacial score (nSPS) is 12.9. The van der Waals surface area contributed by atoms with Crippen molar-refractivity contribution in [3.63, 3.8) is 0 Å². The SMILES string of the molecule is Cc1nccn1CCCNC(=O)c1cnn2c(C(C)(C)C)cc(-c3ccc4c(c3)OCO4)nc12. The van der Waals surface area contributed by atoms with Gasteiger partial charge in [-0.25, -0.2) is 14.5 Å². The largest absolute Gasteiger partial charge is 0.454 e. The van der Waals surface area contributed by atoms with Gasteiger partial charge in [0.15, 0.2) is 17.1 Å². The van der Waals surface area contributed by atoms with Crippen LogP contribution < -0.4 is 14.8 Å². The maximum absolute atomic E-state index is 13.1. The first-order chi connectivity index (χ1) is 16.3. The molecule has 4 heterocycles. The Bertz CT molecular complexity index is 1360. The Labute approximate surface area is 197 Å². The van der Waals surface area contributed by atoms with Gasteiger partial charge in [0.25, 0.3) is 5.91 Å². The number of imidazole rings is 1. The fraction of sp³-hybridized carbons (Fsp3) is 0.360. The van der Waals surface area contributed by atoms with Crippen LogP contribution >= 0.6 is 0 Å². The maximum atomic E-state index is 13.1. The van der Waals surface area contributed by atoms with E-state index in [1.807, 2.05) is 37.4 Å². The van der Waals surface area contributed by atoms with E-state index in [1.165, 1.54) is 0 Å². The summed E-state index contributed by atoms with van der Waals surface area (Å²) in [6.45, 7) is 9.86. The first kappa shape index (κ1) is 21.9. The van der Waals surface area contributed by atoms with Crippen LogP contribution in [0.3, 0.4) is 0 Å². The van der Waals surface area contributed by atoms with Crippen molar-refractivity contribution in [1.29, 1.82) is 0 Å². The van der Waals surface area contributed by atoms with Crippen LogP contribution in [0.15, 0.2) is 42.9 Å². The molecule has 1 N–H and O–H groups in total. The molecular formula is C25H28N6O3. The van der Waals surface area contributed by atoms with E-state index in [4.69, 9.17) is 14.5 Å². The molecule has 1 amide bonds. The molecule has 0 bridgehead atoms. The number of rotatable bonds is 6. The Kier molecular flexibility index (Phi) is 5.47. The van der Waals surface area contributed by atoms with Gasteiger partial charge in [0.05, 0.1) is 17.6 Å². The molecule has 0 saturated carbocycles. The smallest absolute Gasteiger partial charge is 0.256 e. The van der Waals surface area contributed by atoms with E-state index >= 15 is 0 Å². The van der Waals surface area contributed by atoms with Crippen molar-refractivity contribution in [3.05, 3.63) is 59.9 Å². The highest BCUT2D eigenvalue weighted by Crippen LogP contribution is 2.36. The number of aryl methyl sites for hydroxylation is 2. The number of ether oxygens (including phenoxy) is 2. The van der Waals surface area contributed by atoms with Crippen molar-refractivity contribution in [2.75, 3.05) is 13.3 Å². The third-order valence-electron chi connectivity index (χ3n) is 5.94. The fourth-order valence-corrected chi connectivity index (χ4v) is 4.05. The molecule has 5 rings (SSSR count). The molecule has 0 spiro atoms. The van der Waals surface area contributed by atoms with E-state index in [0.29, 0.717) is 23.5 Å². The highest BCUT2D eigenvalue weighted by atomic mass is 16.7. The van der Waals surface area contributed by atoms with Crippen LogP contribution in [0.25, 0.3) is 16.9 Å². The van der Waals surface area contributed by atoms with Crippen molar-refractivity contribution in [3.8, 4) is 22.8 Å². The number of amides is 1. The van der Waals surface area contributed by atoms with Crippen LogP contribution in [-0.2, 0) is 12.0 Å². The summed E-state index contributed by atoms with van der Waals surface area (Å²) in [5.74, 6) is 2.18. The van der Waals surface area contributed by atoms with E-state index in [1.54, 1.807) is 16.9 Å². The van der Waals surface area contributed by atoms with Crippen LogP contribution in [0.5, 0.6) is 11.5 Å².